The van der Waals surface area contributed by atoms with Crippen LogP contribution in [-0.4, -0.2) is 50.7 Å². The van der Waals surface area contributed by atoms with E-state index in [1.807, 2.05) is 12.1 Å². The zero-order chi connectivity index (χ0) is 21.1. The van der Waals surface area contributed by atoms with E-state index in [1.165, 1.54) is 0 Å². The van der Waals surface area contributed by atoms with Gasteiger partial charge in [0, 0.05) is 12.2 Å². The fourth-order valence-electron chi connectivity index (χ4n) is 4.25. The highest BCUT2D eigenvalue weighted by Crippen LogP contribution is 2.45. The molecular formula is C22H21BF2N3O2. The molecule has 1 saturated heterocycles. The van der Waals surface area contributed by atoms with E-state index in [1.54, 1.807) is 30.3 Å². The minimum absolute atomic E-state index is 0.0178. The van der Waals surface area contributed by atoms with Crippen molar-refractivity contribution >= 4 is 24.3 Å². The van der Waals surface area contributed by atoms with Crippen LogP contribution in [-0.2, 0) is 10.2 Å². The highest BCUT2D eigenvalue weighted by molar-refractivity contribution is 6.54. The molecule has 0 saturated carbocycles. The number of anilines is 1. The van der Waals surface area contributed by atoms with Gasteiger partial charge in [-0.1, -0.05) is 17.6 Å². The average molecular weight is 408 g/mol. The lowest BCUT2D eigenvalue weighted by molar-refractivity contribution is -0.122. The molecule has 2 aromatic carbocycles. The van der Waals surface area contributed by atoms with Gasteiger partial charge in [0.1, 0.15) is 12.4 Å². The van der Waals surface area contributed by atoms with Crippen molar-refractivity contribution in [3.63, 3.8) is 0 Å². The van der Waals surface area contributed by atoms with Gasteiger partial charge in [-0.2, -0.15) is 5.26 Å². The second-order valence-corrected chi connectivity index (χ2v) is 7.67. The molecule has 1 radical (unpaired) electrons. The Morgan fingerprint density at radius 2 is 1.93 bits per heavy atom. The summed E-state index contributed by atoms with van der Waals surface area (Å²) in [6.45, 7) is 2.71. The van der Waals surface area contributed by atoms with E-state index >= 15 is 0 Å². The zero-order valence-electron chi connectivity index (χ0n) is 16.4. The largest absolute Gasteiger partial charge is 0.492 e. The first-order chi connectivity index (χ1) is 14.5. The van der Waals surface area contributed by atoms with Gasteiger partial charge in [0.25, 0.3) is 0 Å². The number of rotatable bonds is 6. The number of hydrogen-bond donors (Lipinski definition) is 1. The van der Waals surface area contributed by atoms with Gasteiger partial charge in [0.05, 0.1) is 17.0 Å². The standard InChI is InChI=1S/C22H21BF2N3O2/c24-21(25)23-16-2-4-17(5-3-16)30-12-11-28-9-7-22(8-10-28)18-13-15(14-26)1-6-19(18)27-20(22)29/h1-6,13,21H,7-12H2,(H,27,29). The van der Waals surface area contributed by atoms with E-state index in [0.29, 0.717) is 42.8 Å². The molecule has 2 heterocycles. The monoisotopic (exact) mass is 408 g/mol. The Bertz CT molecular complexity index is 967. The topological polar surface area (TPSA) is 65.4 Å². The summed E-state index contributed by atoms with van der Waals surface area (Å²) >= 11 is 0. The first-order valence-electron chi connectivity index (χ1n) is 9.94. The third kappa shape index (κ3) is 4.03. The van der Waals surface area contributed by atoms with Gasteiger partial charge in [-0.3, -0.25) is 9.69 Å². The molecular weight excluding hydrogens is 387 g/mol. The summed E-state index contributed by atoms with van der Waals surface area (Å²) in [5.41, 5.74) is 2.22. The van der Waals surface area contributed by atoms with Crippen LogP contribution in [0, 0.1) is 11.3 Å². The van der Waals surface area contributed by atoms with Gasteiger partial charge in [-0.05, 0) is 61.8 Å². The molecule has 8 heteroatoms. The summed E-state index contributed by atoms with van der Waals surface area (Å²) in [5, 5.41) is 12.2. The molecule has 2 aromatic rings. The zero-order valence-corrected chi connectivity index (χ0v) is 16.4. The fraction of sp³-hybridized carbons (Fsp3) is 0.364. The van der Waals surface area contributed by atoms with Crippen molar-refractivity contribution in [3.8, 4) is 11.8 Å². The minimum Gasteiger partial charge on any atom is -0.492 e. The highest BCUT2D eigenvalue weighted by atomic mass is 19.3. The van der Waals surface area contributed by atoms with E-state index in [4.69, 9.17) is 4.74 Å². The highest BCUT2D eigenvalue weighted by Gasteiger charge is 2.48. The third-order valence-electron chi connectivity index (χ3n) is 5.93. The number of piperidine rings is 1. The Morgan fingerprint density at radius 1 is 1.20 bits per heavy atom. The van der Waals surface area contributed by atoms with E-state index < -0.39 is 11.7 Å². The van der Waals surface area contributed by atoms with Crippen LogP contribution in [0.25, 0.3) is 0 Å². The molecule has 153 valence electrons. The first-order valence-corrected chi connectivity index (χ1v) is 9.94. The fourth-order valence-corrected chi connectivity index (χ4v) is 4.25. The Hall–Kier alpha value is -2.92. The maximum absolute atomic E-state index is 12.7. The Morgan fingerprint density at radius 3 is 2.60 bits per heavy atom. The maximum Gasteiger partial charge on any atom is 0.241 e. The normalized spacial score (nSPS) is 17.5. The molecule has 5 nitrogen and oxygen atoms in total. The predicted molar refractivity (Wildman–Crippen MR) is 110 cm³/mol. The van der Waals surface area contributed by atoms with Crippen molar-refractivity contribution in [1.29, 1.82) is 5.26 Å². The van der Waals surface area contributed by atoms with Crippen molar-refractivity contribution in [2.24, 2.45) is 0 Å². The quantitative estimate of drug-likeness (QED) is 0.747. The molecule has 30 heavy (non-hydrogen) atoms. The number of likely N-dealkylation sites (tertiary alicyclic amines) is 1. The van der Waals surface area contributed by atoms with Gasteiger partial charge in [-0.25, -0.2) is 8.78 Å². The van der Waals surface area contributed by atoms with Crippen molar-refractivity contribution in [2.45, 2.75) is 24.6 Å². The van der Waals surface area contributed by atoms with Crippen molar-refractivity contribution in [1.82, 2.24) is 4.90 Å². The summed E-state index contributed by atoms with van der Waals surface area (Å²) in [6.07, 6.45) is -1.09. The van der Waals surface area contributed by atoms with Crippen LogP contribution in [0.2, 0.25) is 0 Å². The minimum atomic E-state index is -2.47. The molecule has 1 fully saturated rings. The smallest absolute Gasteiger partial charge is 0.241 e. The van der Waals surface area contributed by atoms with E-state index in [2.05, 4.69) is 16.3 Å². The second-order valence-electron chi connectivity index (χ2n) is 7.67. The van der Waals surface area contributed by atoms with Gasteiger partial charge in [0.2, 0.25) is 19.5 Å². The van der Waals surface area contributed by atoms with Crippen LogP contribution in [0.3, 0.4) is 0 Å². The van der Waals surface area contributed by atoms with Crippen LogP contribution < -0.4 is 15.5 Å². The lowest BCUT2D eigenvalue weighted by Gasteiger charge is -2.37. The van der Waals surface area contributed by atoms with E-state index in [-0.39, 0.29) is 5.91 Å². The lowest BCUT2D eigenvalue weighted by atomic mass is 9.71. The number of nitrogens with one attached hydrogen (secondary N) is 1. The molecule has 1 N–H and O–H groups in total. The predicted octanol–water partition coefficient (Wildman–Crippen LogP) is 2.48. The first kappa shape index (κ1) is 20.4. The molecule has 1 amide bonds. The number of carbonyl (C=O) groups is 1. The number of fused-ring (bicyclic) bond motifs is 2. The number of alkyl halides is 2. The SMILES string of the molecule is N#Cc1ccc2c(c1)C1(CCN(CCOc3ccc([B]C(F)F)cc3)CC1)C(=O)N2. The molecule has 2 aliphatic rings. The molecule has 0 aromatic heterocycles. The molecule has 1 spiro atoms. The molecule has 4 rings (SSSR count). The number of halogens is 2. The summed E-state index contributed by atoms with van der Waals surface area (Å²) in [6, 6.07) is 14.1. The number of amides is 1. The van der Waals surface area contributed by atoms with Crippen molar-refractivity contribution in [2.75, 3.05) is 31.6 Å². The number of nitriles is 1. The van der Waals surface area contributed by atoms with Crippen molar-refractivity contribution < 1.29 is 18.3 Å². The number of nitrogens with zero attached hydrogens (tertiary/aromatic N) is 2. The Kier molecular flexibility index (Phi) is 5.73. The second kappa shape index (κ2) is 8.45. The van der Waals surface area contributed by atoms with E-state index in [9.17, 15) is 18.8 Å². The summed E-state index contributed by atoms with van der Waals surface area (Å²) < 4.78 is 30.4. The number of hydrogen-bond acceptors (Lipinski definition) is 4. The van der Waals surface area contributed by atoms with Crippen molar-refractivity contribution in [3.05, 3.63) is 53.6 Å². The van der Waals surface area contributed by atoms with Crippen LogP contribution in [0.4, 0.5) is 14.5 Å². The summed E-state index contributed by atoms with van der Waals surface area (Å²) in [7, 11) is 0.893. The maximum atomic E-state index is 12.7. The van der Waals surface area contributed by atoms with Gasteiger partial charge >= 0.3 is 0 Å². The van der Waals surface area contributed by atoms with Crippen LogP contribution in [0.5, 0.6) is 5.75 Å². The number of ether oxygens (including phenoxy) is 1. The molecule has 2 aliphatic heterocycles. The van der Waals surface area contributed by atoms with Crippen LogP contribution in [0.1, 0.15) is 24.0 Å². The molecule has 0 unspecified atom stereocenters. The summed E-state index contributed by atoms with van der Waals surface area (Å²) in [4.78, 5) is 15.0. The van der Waals surface area contributed by atoms with Crippen LogP contribution >= 0.6 is 0 Å². The molecule has 0 aliphatic carbocycles. The Balaban J connectivity index is 1.31. The van der Waals surface area contributed by atoms with Crippen LogP contribution in [0.15, 0.2) is 42.5 Å². The third-order valence-corrected chi connectivity index (χ3v) is 5.93. The van der Waals surface area contributed by atoms with E-state index in [0.717, 1.165) is 31.6 Å². The molecule has 0 atom stereocenters. The number of carbonyl (C=O) groups excluding carboxylic acids is 1. The van der Waals surface area contributed by atoms with Gasteiger partial charge in [0.15, 0.2) is 0 Å². The summed E-state index contributed by atoms with van der Waals surface area (Å²) in [5.74, 6) is 0.659. The molecule has 0 bridgehead atoms. The average Bonchev–Trinajstić information content (AvgIpc) is 3.01. The number of benzene rings is 2. The Labute approximate surface area is 174 Å². The lowest BCUT2D eigenvalue weighted by Crippen LogP contribution is -2.47. The van der Waals surface area contributed by atoms with Gasteiger partial charge < -0.3 is 10.1 Å². The van der Waals surface area contributed by atoms with Gasteiger partial charge in [-0.15, -0.1) is 0 Å².